The first-order valence-electron chi connectivity index (χ1n) is 4.39. The third-order valence-corrected chi connectivity index (χ3v) is 2.49. The molecule has 0 aliphatic heterocycles. The van der Waals surface area contributed by atoms with Crippen molar-refractivity contribution in [3.8, 4) is 6.07 Å². The van der Waals surface area contributed by atoms with Gasteiger partial charge < -0.3 is 0 Å². The van der Waals surface area contributed by atoms with Crippen LogP contribution in [0.4, 0.5) is 0 Å². The van der Waals surface area contributed by atoms with Gasteiger partial charge in [0.05, 0.1) is 12.5 Å². The van der Waals surface area contributed by atoms with Gasteiger partial charge in [0.25, 0.3) is 0 Å². The number of hydrogen-bond acceptors (Lipinski definition) is 1. The molecule has 1 nitrogen and oxygen atoms in total. The maximum Gasteiger partial charge on any atom is 0.0666 e. The molecular formula is C10H15N. The van der Waals surface area contributed by atoms with Crippen molar-refractivity contribution >= 4 is 0 Å². The predicted molar refractivity (Wildman–Crippen MR) is 45.9 cm³/mol. The van der Waals surface area contributed by atoms with E-state index in [1.807, 2.05) is 0 Å². The summed E-state index contributed by atoms with van der Waals surface area (Å²) in [7, 11) is 0. The van der Waals surface area contributed by atoms with E-state index in [2.05, 4.69) is 12.6 Å². The maximum absolute atomic E-state index is 8.46. The highest BCUT2D eigenvalue weighted by atomic mass is 14.3. The first-order valence-corrected chi connectivity index (χ1v) is 4.39. The number of nitriles is 1. The summed E-state index contributed by atoms with van der Waals surface area (Å²) in [4.78, 5) is 0. The molecule has 0 aromatic rings. The van der Waals surface area contributed by atoms with E-state index in [4.69, 9.17) is 5.26 Å². The average Bonchev–Trinajstić information content (AvgIpc) is 2.07. The molecule has 1 aliphatic carbocycles. The molecule has 0 bridgehead atoms. The molecule has 0 radical (unpaired) electrons. The lowest BCUT2D eigenvalue weighted by molar-refractivity contribution is 0.400. The number of hydrogen-bond donors (Lipinski definition) is 0. The second-order valence-electron chi connectivity index (χ2n) is 3.33. The molecular weight excluding hydrogens is 134 g/mol. The minimum atomic E-state index is 0.560. The molecule has 1 saturated carbocycles. The fraction of sp³-hybridized carbons (Fsp3) is 0.700. The lowest BCUT2D eigenvalue weighted by atomic mass is 9.83. The zero-order valence-electron chi connectivity index (χ0n) is 6.97. The zero-order chi connectivity index (χ0) is 8.10. The largest absolute Gasteiger partial charge is 0.198 e. The standard InChI is InChI=1S/C10H15N/c1-9(7-8-11)10-5-3-2-4-6-10/h10H,1-7H2. The van der Waals surface area contributed by atoms with Crippen LogP contribution in [0.5, 0.6) is 0 Å². The molecule has 1 fully saturated rings. The van der Waals surface area contributed by atoms with Crippen molar-refractivity contribution in [3.63, 3.8) is 0 Å². The van der Waals surface area contributed by atoms with Crippen LogP contribution < -0.4 is 0 Å². The van der Waals surface area contributed by atoms with E-state index in [0.717, 1.165) is 5.57 Å². The molecule has 0 saturated heterocycles. The predicted octanol–water partition coefficient (Wildman–Crippen LogP) is 3.04. The number of nitrogens with zero attached hydrogens (tertiary/aromatic N) is 1. The Morgan fingerprint density at radius 2 is 2.00 bits per heavy atom. The first kappa shape index (κ1) is 8.33. The minimum absolute atomic E-state index is 0.560. The highest BCUT2D eigenvalue weighted by Gasteiger charge is 2.15. The van der Waals surface area contributed by atoms with Crippen molar-refractivity contribution in [1.82, 2.24) is 0 Å². The van der Waals surface area contributed by atoms with Crippen molar-refractivity contribution in [3.05, 3.63) is 12.2 Å². The van der Waals surface area contributed by atoms with Gasteiger partial charge in [0, 0.05) is 0 Å². The van der Waals surface area contributed by atoms with E-state index in [1.165, 1.54) is 32.1 Å². The minimum Gasteiger partial charge on any atom is -0.198 e. The third kappa shape index (κ3) is 2.38. The quantitative estimate of drug-likeness (QED) is 0.553. The summed E-state index contributed by atoms with van der Waals surface area (Å²) in [5.74, 6) is 0.656. The second kappa shape index (κ2) is 4.18. The molecule has 0 aromatic carbocycles. The lowest BCUT2D eigenvalue weighted by Crippen LogP contribution is -2.07. The summed E-state index contributed by atoms with van der Waals surface area (Å²) in [5, 5.41) is 8.46. The molecule has 11 heavy (non-hydrogen) atoms. The van der Waals surface area contributed by atoms with Gasteiger partial charge in [0.1, 0.15) is 0 Å². The molecule has 0 amide bonds. The van der Waals surface area contributed by atoms with Crippen LogP contribution in [0.2, 0.25) is 0 Å². The first-order chi connectivity index (χ1) is 5.34. The Balaban J connectivity index is 2.34. The summed E-state index contributed by atoms with van der Waals surface area (Å²) in [6.45, 7) is 3.95. The van der Waals surface area contributed by atoms with E-state index in [1.54, 1.807) is 0 Å². The molecule has 0 unspecified atom stereocenters. The summed E-state index contributed by atoms with van der Waals surface area (Å²) >= 11 is 0. The Labute approximate surface area is 68.7 Å². The van der Waals surface area contributed by atoms with Gasteiger partial charge in [0.2, 0.25) is 0 Å². The lowest BCUT2D eigenvalue weighted by Gasteiger charge is -2.22. The van der Waals surface area contributed by atoms with E-state index in [0.29, 0.717) is 12.3 Å². The second-order valence-corrected chi connectivity index (χ2v) is 3.33. The summed E-state index contributed by atoms with van der Waals surface area (Å²) in [6.07, 6.45) is 7.12. The molecule has 0 atom stereocenters. The third-order valence-electron chi connectivity index (χ3n) is 2.49. The highest BCUT2D eigenvalue weighted by Crippen LogP contribution is 2.29. The molecule has 1 aliphatic rings. The summed E-state index contributed by atoms with van der Waals surface area (Å²) in [6, 6.07) is 2.17. The van der Waals surface area contributed by atoms with Crippen LogP contribution in [-0.2, 0) is 0 Å². The normalized spacial score (nSPS) is 19.2. The molecule has 0 N–H and O–H groups in total. The van der Waals surface area contributed by atoms with Gasteiger partial charge in [-0.2, -0.15) is 5.26 Å². The zero-order valence-corrected chi connectivity index (χ0v) is 6.97. The molecule has 0 heterocycles. The molecule has 60 valence electrons. The van der Waals surface area contributed by atoms with E-state index in [9.17, 15) is 0 Å². The van der Waals surface area contributed by atoms with Crippen LogP contribution in [-0.4, -0.2) is 0 Å². The SMILES string of the molecule is C=C(CC#N)C1CCCCC1. The summed E-state index contributed by atoms with van der Waals surface area (Å²) < 4.78 is 0. The van der Waals surface area contributed by atoms with Crippen molar-refractivity contribution in [1.29, 1.82) is 5.26 Å². The molecule has 0 spiro atoms. The summed E-state index contributed by atoms with van der Waals surface area (Å²) in [5.41, 5.74) is 1.16. The van der Waals surface area contributed by atoms with Crippen LogP contribution >= 0.6 is 0 Å². The smallest absolute Gasteiger partial charge is 0.0666 e. The monoisotopic (exact) mass is 149 g/mol. The molecule has 1 heteroatoms. The number of allylic oxidation sites excluding steroid dienone is 1. The number of rotatable bonds is 2. The van der Waals surface area contributed by atoms with Gasteiger partial charge in [-0.25, -0.2) is 0 Å². The van der Waals surface area contributed by atoms with Gasteiger partial charge in [0.15, 0.2) is 0 Å². The Morgan fingerprint density at radius 3 is 2.55 bits per heavy atom. The molecule has 1 rings (SSSR count). The van der Waals surface area contributed by atoms with Crippen LogP contribution in [0.3, 0.4) is 0 Å². The van der Waals surface area contributed by atoms with Gasteiger partial charge in [-0.3, -0.25) is 0 Å². The van der Waals surface area contributed by atoms with Crippen LogP contribution in [0.1, 0.15) is 38.5 Å². The van der Waals surface area contributed by atoms with Gasteiger partial charge in [-0.05, 0) is 18.8 Å². The van der Waals surface area contributed by atoms with Crippen LogP contribution in [0.15, 0.2) is 12.2 Å². The topological polar surface area (TPSA) is 23.8 Å². The Kier molecular flexibility index (Phi) is 3.16. The van der Waals surface area contributed by atoms with Crippen molar-refractivity contribution in [2.24, 2.45) is 5.92 Å². The van der Waals surface area contributed by atoms with Crippen LogP contribution in [0, 0.1) is 17.2 Å². The fourth-order valence-corrected chi connectivity index (χ4v) is 1.76. The van der Waals surface area contributed by atoms with Gasteiger partial charge in [-0.1, -0.05) is 31.4 Å². The Morgan fingerprint density at radius 1 is 1.36 bits per heavy atom. The van der Waals surface area contributed by atoms with E-state index >= 15 is 0 Å². The average molecular weight is 149 g/mol. The van der Waals surface area contributed by atoms with Gasteiger partial charge >= 0.3 is 0 Å². The van der Waals surface area contributed by atoms with E-state index < -0.39 is 0 Å². The Hall–Kier alpha value is -0.770. The maximum atomic E-state index is 8.46. The van der Waals surface area contributed by atoms with Crippen molar-refractivity contribution in [2.75, 3.05) is 0 Å². The van der Waals surface area contributed by atoms with Gasteiger partial charge in [-0.15, -0.1) is 0 Å². The fourth-order valence-electron chi connectivity index (χ4n) is 1.76. The van der Waals surface area contributed by atoms with E-state index in [-0.39, 0.29) is 0 Å². The van der Waals surface area contributed by atoms with Crippen LogP contribution in [0.25, 0.3) is 0 Å². The van der Waals surface area contributed by atoms with Crippen molar-refractivity contribution in [2.45, 2.75) is 38.5 Å². The van der Waals surface area contributed by atoms with Crippen molar-refractivity contribution < 1.29 is 0 Å². The molecule has 0 aromatic heterocycles. The highest BCUT2D eigenvalue weighted by molar-refractivity contribution is 5.07. The Bertz CT molecular complexity index is 170.